The summed E-state index contributed by atoms with van der Waals surface area (Å²) in [5.41, 5.74) is 3.52. The second-order valence-electron chi connectivity index (χ2n) is 3.56. The Hall–Kier alpha value is -0.860. The molecule has 5 nitrogen and oxygen atoms in total. The van der Waals surface area contributed by atoms with Gasteiger partial charge in [0.1, 0.15) is 0 Å². The van der Waals surface area contributed by atoms with Gasteiger partial charge in [0, 0.05) is 29.0 Å². The van der Waals surface area contributed by atoms with Crippen molar-refractivity contribution in [3.05, 3.63) is 27.8 Å². The van der Waals surface area contributed by atoms with Gasteiger partial charge in [-0.3, -0.25) is 10.4 Å². The number of ether oxygens (including phenoxy) is 1. The van der Waals surface area contributed by atoms with E-state index in [0.29, 0.717) is 12.5 Å². The van der Waals surface area contributed by atoms with Crippen LogP contribution in [0.25, 0.3) is 0 Å². The van der Waals surface area contributed by atoms with E-state index in [4.69, 9.17) is 10.6 Å². The number of nitrogens with zero attached hydrogens (tertiary/aromatic N) is 1. The number of halogens is 1. The van der Waals surface area contributed by atoms with Crippen LogP contribution in [0.2, 0.25) is 0 Å². The molecule has 0 spiro atoms. The van der Waals surface area contributed by atoms with Crippen molar-refractivity contribution in [2.45, 2.75) is 13.3 Å². The van der Waals surface area contributed by atoms with Crippen molar-refractivity contribution in [3.8, 4) is 0 Å². The van der Waals surface area contributed by atoms with Gasteiger partial charge in [0.2, 0.25) is 5.96 Å². The Labute approximate surface area is 121 Å². The molecule has 0 unspecified atom stereocenters. The van der Waals surface area contributed by atoms with Crippen LogP contribution in [0.15, 0.2) is 29.3 Å². The minimum atomic E-state index is 0.563. The lowest BCUT2D eigenvalue weighted by Gasteiger charge is -2.09. The molecule has 1 aromatic carbocycles. The molecule has 18 heavy (non-hydrogen) atoms. The summed E-state index contributed by atoms with van der Waals surface area (Å²) in [7, 11) is 0. The fourth-order valence-electron chi connectivity index (χ4n) is 1.33. The van der Waals surface area contributed by atoms with Gasteiger partial charge in [0.15, 0.2) is 0 Å². The second-order valence-corrected chi connectivity index (χ2v) is 4.81. The number of nitrogens with two attached hydrogens (primary N) is 1. The van der Waals surface area contributed by atoms with Gasteiger partial charge in [-0.25, -0.2) is 5.84 Å². The molecule has 6 heteroatoms. The van der Waals surface area contributed by atoms with E-state index in [1.54, 1.807) is 0 Å². The summed E-state index contributed by atoms with van der Waals surface area (Å²) in [5.74, 6) is 5.99. The third-order valence-corrected chi connectivity index (χ3v) is 2.82. The van der Waals surface area contributed by atoms with Crippen LogP contribution in [0.1, 0.15) is 13.3 Å². The van der Waals surface area contributed by atoms with E-state index in [-0.39, 0.29) is 0 Å². The summed E-state index contributed by atoms with van der Waals surface area (Å²) in [6, 6.07) is 8.00. The first-order valence-corrected chi connectivity index (χ1v) is 6.95. The molecule has 100 valence electrons. The van der Waals surface area contributed by atoms with Crippen LogP contribution in [-0.2, 0) is 4.74 Å². The number of hydrogen-bond donors (Lipinski definition) is 3. The number of benzene rings is 1. The highest BCUT2D eigenvalue weighted by atomic mass is 127. The van der Waals surface area contributed by atoms with E-state index >= 15 is 0 Å². The maximum Gasteiger partial charge on any atom is 0.210 e. The van der Waals surface area contributed by atoms with Crippen LogP contribution in [0.4, 0.5) is 5.69 Å². The Morgan fingerprint density at radius 1 is 1.50 bits per heavy atom. The van der Waals surface area contributed by atoms with E-state index in [2.05, 4.69) is 38.3 Å². The summed E-state index contributed by atoms with van der Waals surface area (Å²) < 4.78 is 6.40. The van der Waals surface area contributed by atoms with E-state index in [0.717, 1.165) is 28.9 Å². The highest BCUT2D eigenvalue weighted by molar-refractivity contribution is 14.1. The molecule has 0 aromatic heterocycles. The van der Waals surface area contributed by atoms with Gasteiger partial charge in [-0.15, -0.1) is 0 Å². The largest absolute Gasteiger partial charge is 0.382 e. The van der Waals surface area contributed by atoms with Gasteiger partial charge in [-0.1, -0.05) is 6.07 Å². The average Bonchev–Trinajstić information content (AvgIpc) is 2.37. The molecular weight excluding hydrogens is 343 g/mol. The number of rotatable bonds is 6. The molecule has 0 aliphatic carbocycles. The van der Waals surface area contributed by atoms with Crippen LogP contribution in [0, 0.1) is 3.57 Å². The van der Waals surface area contributed by atoms with Gasteiger partial charge in [0.05, 0.1) is 0 Å². The Balaban J connectivity index is 2.43. The Morgan fingerprint density at radius 3 is 3.00 bits per heavy atom. The Bertz CT molecular complexity index is 384. The first-order chi connectivity index (χ1) is 8.76. The van der Waals surface area contributed by atoms with Crippen LogP contribution in [0.5, 0.6) is 0 Å². The molecule has 0 aliphatic rings. The zero-order chi connectivity index (χ0) is 13.2. The molecule has 0 aliphatic heterocycles. The van der Waals surface area contributed by atoms with E-state index in [1.807, 2.05) is 31.2 Å². The monoisotopic (exact) mass is 362 g/mol. The Morgan fingerprint density at radius 2 is 2.33 bits per heavy atom. The van der Waals surface area contributed by atoms with Gasteiger partial charge in [0.25, 0.3) is 0 Å². The van der Waals surface area contributed by atoms with Gasteiger partial charge in [-0.05, 0) is 54.1 Å². The molecule has 0 fully saturated rings. The molecule has 1 rings (SSSR count). The smallest absolute Gasteiger partial charge is 0.210 e. The lowest BCUT2D eigenvalue weighted by Crippen LogP contribution is -2.36. The molecule has 0 saturated carbocycles. The van der Waals surface area contributed by atoms with Crippen molar-refractivity contribution in [2.75, 3.05) is 25.1 Å². The van der Waals surface area contributed by atoms with Crippen molar-refractivity contribution in [3.63, 3.8) is 0 Å². The lowest BCUT2D eigenvalue weighted by molar-refractivity contribution is 0.146. The molecule has 0 radical (unpaired) electrons. The third kappa shape index (κ3) is 6.18. The number of aliphatic imine (C=N–C) groups is 1. The summed E-state index contributed by atoms with van der Waals surface area (Å²) in [6.45, 7) is 4.12. The fraction of sp³-hybridized carbons (Fsp3) is 0.417. The summed E-state index contributed by atoms with van der Waals surface area (Å²) in [4.78, 5) is 4.33. The van der Waals surface area contributed by atoms with Gasteiger partial charge >= 0.3 is 0 Å². The van der Waals surface area contributed by atoms with Crippen molar-refractivity contribution < 1.29 is 4.74 Å². The van der Waals surface area contributed by atoms with Crippen molar-refractivity contribution in [1.82, 2.24) is 5.43 Å². The first-order valence-electron chi connectivity index (χ1n) is 5.87. The number of hydrazine groups is 1. The maximum atomic E-state index is 5.42. The molecule has 0 heterocycles. The minimum absolute atomic E-state index is 0.563. The highest BCUT2D eigenvalue weighted by Gasteiger charge is 1.98. The first kappa shape index (κ1) is 15.2. The second kappa shape index (κ2) is 9.12. The third-order valence-electron chi connectivity index (χ3n) is 2.14. The maximum absolute atomic E-state index is 5.42. The van der Waals surface area contributed by atoms with Crippen molar-refractivity contribution >= 4 is 34.2 Å². The molecule has 0 bridgehead atoms. The molecule has 4 N–H and O–H groups in total. The summed E-state index contributed by atoms with van der Waals surface area (Å²) in [5, 5.41) is 3.13. The van der Waals surface area contributed by atoms with Crippen LogP contribution in [0.3, 0.4) is 0 Å². The lowest BCUT2D eigenvalue weighted by atomic mass is 10.3. The van der Waals surface area contributed by atoms with Crippen LogP contribution in [-0.4, -0.2) is 25.7 Å². The van der Waals surface area contributed by atoms with Gasteiger partial charge in [-0.2, -0.15) is 0 Å². The topological polar surface area (TPSA) is 71.7 Å². The van der Waals surface area contributed by atoms with E-state index < -0.39 is 0 Å². The number of anilines is 1. The molecule has 0 saturated heterocycles. The predicted molar refractivity (Wildman–Crippen MR) is 83.5 cm³/mol. The van der Waals surface area contributed by atoms with Gasteiger partial charge < -0.3 is 10.1 Å². The molecule has 1 aromatic rings. The molecule has 0 amide bonds. The zero-order valence-corrected chi connectivity index (χ0v) is 12.6. The quantitative estimate of drug-likeness (QED) is 0.181. The van der Waals surface area contributed by atoms with E-state index in [9.17, 15) is 0 Å². The molecular formula is C12H19IN4O. The Kier molecular flexibility index (Phi) is 7.70. The summed E-state index contributed by atoms with van der Waals surface area (Å²) >= 11 is 2.26. The number of nitrogens with one attached hydrogen (secondary N) is 2. The summed E-state index contributed by atoms with van der Waals surface area (Å²) in [6.07, 6.45) is 0.882. The number of hydrogen-bond acceptors (Lipinski definition) is 3. The highest BCUT2D eigenvalue weighted by Crippen LogP contribution is 2.11. The average molecular weight is 362 g/mol. The standard InChI is InChI=1S/C12H19IN4O/c1-2-18-8-4-7-15-12(17-14)16-11-6-3-5-10(13)9-11/h3,5-6,9H,2,4,7-8,14H2,1H3,(H2,15,16,17). The predicted octanol–water partition coefficient (Wildman–Crippen LogP) is 1.95. The fourth-order valence-corrected chi connectivity index (χ4v) is 1.87. The van der Waals surface area contributed by atoms with E-state index in [1.165, 1.54) is 0 Å². The normalized spacial score (nSPS) is 11.4. The van der Waals surface area contributed by atoms with Crippen molar-refractivity contribution in [2.24, 2.45) is 10.8 Å². The SMILES string of the molecule is CCOCCCN=C(NN)Nc1cccc(I)c1. The van der Waals surface area contributed by atoms with Crippen LogP contribution >= 0.6 is 22.6 Å². The van der Waals surface area contributed by atoms with Crippen molar-refractivity contribution in [1.29, 1.82) is 0 Å². The minimum Gasteiger partial charge on any atom is -0.382 e. The zero-order valence-electron chi connectivity index (χ0n) is 10.4. The number of guanidine groups is 1. The molecule has 0 atom stereocenters. The van der Waals surface area contributed by atoms with Crippen LogP contribution < -0.4 is 16.6 Å².